The van der Waals surface area contributed by atoms with Crippen LogP contribution in [-0.2, 0) is 0 Å². The molecule has 4 nitrogen and oxygen atoms in total. The van der Waals surface area contributed by atoms with E-state index >= 15 is 0 Å². The number of rotatable bonds is 3. The predicted molar refractivity (Wildman–Crippen MR) is 91.3 cm³/mol. The van der Waals surface area contributed by atoms with Crippen LogP contribution in [0.25, 0.3) is 11.3 Å². The highest BCUT2D eigenvalue weighted by Crippen LogP contribution is 2.34. The van der Waals surface area contributed by atoms with Crippen molar-refractivity contribution in [2.75, 3.05) is 6.54 Å². The van der Waals surface area contributed by atoms with Gasteiger partial charge in [0, 0.05) is 23.7 Å². The Balaban J connectivity index is 1.59. The Morgan fingerprint density at radius 1 is 1.12 bits per heavy atom. The van der Waals surface area contributed by atoms with Gasteiger partial charge in [-0.3, -0.25) is 4.79 Å². The van der Waals surface area contributed by atoms with Gasteiger partial charge in [-0.25, -0.2) is 8.78 Å². The molecule has 0 bridgehead atoms. The summed E-state index contributed by atoms with van der Waals surface area (Å²) in [5.74, 6) is -0.899. The van der Waals surface area contributed by atoms with Crippen molar-refractivity contribution in [3.63, 3.8) is 0 Å². The highest BCUT2D eigenvalue weighted by atomic mass is 19.1. The molecule has 1 fully saturated rings. The van der Waals surface area contributed by atoms with Gasteiger partial charge in [-0.2, -0.15) is 0 Å². The average molecular weight is 354 g/mol. The normalized spacial score (nSPS) is 16.8. The molecule has 1 aliphatic heterocycles. The molecule has 132 valence electrons. The third-order valence-corrected chi connectivity index (χ3v) is 4.64. The van der Waals surface area contributed by atoms with E-state index in [-0.39, 0.29) is 29.3 Å². The first-order valence-electron chi connectivity index (χ1n) is 8.41. The van der Waals surface area contributed by atoms with Gasteiger partial charge in [-0.15, -0.1) is 0 Å². The van der Waals surface area contributed by atoms with E-state index in [0.29, 0.717) is 29.8 Å². The Kier molecular flexibility index (Phi) is 4.24. The molecule has 6 heteroatoms. The van der Waals surface area contributed by atoms with Crippen LogP contribution in [-0.4, -0.2) is 22.5 Å². The second kappa shape index (κ2) is 6.71. The summed E-state index contributed by atoms with van der Waals surface area (Å²) in [6.07, 6.45) is 1.50. The number of halogens is 2. The standard InChI is InChI=1S/C20H16F2N2O2/c21-14-9-7-13(8-10-14)17-12-19(26-23-17)20(25)24-11-3-6-18(24)15-4-1-2-5-16(15)22/h1-2,4-5,7-10,12,18H,3,6,11H2/t18-/m1/s1. The van der Waals surface area contributed by atoms with Crippen LogP contribution in [0, 0.1) is 11.6 Å². The number of hydrogen-bond donors (Lipinski definition) is 0. The van der Waals surface area contributed by atoms with Gasteiger partial charge in [0.15, 0.2) is 0 Å². The van der Waals surface area contributed by atoms with Crippen LogP contribution < -0.4 is 0 Å². The first-order chi connectivity index (χ1) is 12.6. The first-order valence-corrected chi connectivity index (χ1v) is 8.41. The summed E-state index contributed by atoms with van der Waals surface area (Å²) >= 11 is 0. The van der Waals surface area contributed by atoms with Crippen molar-refractivity contribution >= 4 is 5.91 Å². The van der Waals surface area contributed by atoms with E-state index in [9.17, 15) is 13.6 Å². The summed E-state index contributed by atoms with van der Waals surface area (Å²) in [7, 11) is 0. The number of carbonyl (C=O) groups excluding carboxylic acids is 1. The molecule has 0 radical (unpaired) electrons. The SMILES string of the molecule is O=C(c1cc(-c2ccc(F)cc2)no1)N1CCC[C@@H]1c1ccccc1F. The van der Waals surface area contributed by atoms with Crippen LogP contribution in [0.5, 0.6) is 0 Å². The second-order valence-electron chi connectivity index (χ2n) is 6.26. The molecule has 0 N–H and O–H groups in total. The number of aromatic nitrogens is 1. The van der Waals surface area contributed by atoms with Gasteiger partial charge in [0.25, 0.3) is 5.91 Å². The number of nitrogens with zero attached hydrogens (tertiary/aromatic N) is 2. The third-order valence-electron chi connectivity index (χ3n) is 4.64. The molecule has 1 saturated heterocycles. The summed E-state index contributed by atoms with van der Waals surface area (Å²) in [4.78, 5) is 14.5. The van der Waals surface area contributed by atoms with Crippen molar-refractivity contribution in [2.24, 2.45) is 0 Å². The topological polar surface area (TPSA) is 46.3 Å². The zero-order valence-corrected chi connectivity index (χ0v) is 13.9. The lowest BCUT2D eigenvalue weighted by molar-refractivity contribution is 0.0691. The molecule has 1 aromatic heterocycles. The van der Waals surface area contributed by atoms with Crippen LogP contribution in [0.3, 0.4) is 0 Å². The molecule has 0 aliphatic carbocycles. The van der Waals surface area contributed by atoms with Crippen LogP contribution in [0.4, 0.5) is 8.78 Å². The fourth-order valence-corrected chi connectivity index (χ4v) is 3.35. The smallest absolute Gasteiger partial charge is 0.292 e. The minimum atomic E-state index is -0.349. The van der Waals surface area contributed by atoms with Gasteiger partial charge in [0.05, 0.1) is 6.04 Å². The van der Waals surface area contributed by atoms with Crippen molar-refractivity contribution < 1.29 is 18.1 Å². The van der Waals surface area contributed by atoms with Crippen molar-refractivity contribution in [2.45, 2.75) is 18.9 Å². The van der Waals surface area contributed by atoms with E-state index in [4.69, 9.17) is 4.52 Å². The Morgan fingerprint density at radius 2 is 1.88 bits per heavy atom. The zero-order chi connectivity index (χ0) is 18.1. The van der Waals surface area contributed by atoms with Crippen molar-refractivity contribution in [1.82, 2.24) is 10.1 Å². The highest BCUT2D eigenvalue weighted by molar-refractivity contribution is 5.93. The molecule has 1 aliphatic rings. The molecular formula is C20H16F2N2O2. The maximum Gasteiger partial charge on any atom is 0.292 e. The fraction of sp³-hybridized carbons (Fsp3) is 0.200. The third kappa shape index (κ3) is 2.98. The molecule has 26 heavy (non-hydrogen) atoms. The van der Waals surface area contributed by atoms with Gasteiger partial charge in [0.2, 0.25) is 5.76 Å². The van der Waals surface area contributed by atoms with Crippen molar-refractivity contribution in [3.05, 3.63) is 77.6 Å². The summed E-state index contributed by atoms with van der Waals surface area (Å²) in [6.45, 7) is 0.532. The minimum absolute atomic E-state index is 0.0903. The van der Waals surface area contributed by atoms with E-state index in [1.54, 1.807) is 35.2 Å². The maximum atomic E-state index is 14.1. The predicted octanol–water partition coefficient (Wildman–Crippen LogP) is 4.60. The molecule has 0 spiro atoms. The van der Waals surface area contributed by atoms with Crippen molar-refractivity contribution in [3.8, 4) is 11.3 Å². The lowest BCUT2D eigenvalue weighted by atomic mass is 10.0. The van der Waals surface area contributed by atoms with Gasteiger partial charge < -0.3 is 9.42 Å². The molecule has 4 rings (SSSR count). The maximum absolute atomic E-state index is 14.1. The second-order valence-corrected chi connectivity index (χ2v) is 6.26. The first kappa shape index (κ1) is 16.4. The van der Waals surface area contributed by atoms with E-state index in [1.807, 2.05) is 0 Å². The fourth-order valence-electron chi connectivity index (χ4n) is 3.35. The molecule has 1 amide bonds. The van der Waals surface area contributed by atoms with E-state index in [2.05, 4.69) is 5.16 Å². The van der Waals surface area contributed by atoms with Crippen LogP contribution in [0.2, 0.25) is 0 Å². The highest BCUT2D eigenvalue weighted by Gasteiger charge is 2.33. The lowest BCUT2D eigenvalue weighted by Crippen LogP contribution is -2.30. The molecular weight excluding hydrogens is 338 g/mol. The summed E-state index contributed by atoms with van der Waals surface area (Å²) in [5.41, 5.74) is 1.62. The van der Waals surface area contributed by atoms with E-state index in [1.165, 1.54) is 24.3 Å². The molecule has 0 unspecified atom stereocenters. The van der Waals surface area contributed by atoms with Crippen molar-refractivity contribution in [1.29, 1.82) is 0 Å². The number of benzene rings is 2. The zero-order valence-electron chi connectivity index (χ0n) is 13.9. The van der Waals surface area contributed by atoms with Gasteiger partial charge in [0.1, 0.15) is 17.3 Å². The largest absolute Gasteiger partial charge is 0.350 e. The van der Waals surface area contributed by atoms with Gasteiger partial charge >= 0.3 is 0 Å². The Morgan fingerprint density at radius 3 is 2.65 bits per heavy atom. The van der Waals surface area contributed by atoms with E-state index in [0.717, 1.165) is 6.42 Å². The van der Waals surface area contributed by atoms with Crippen LogP contribution >= 0.6 is 0 Å². The average Bonchev–Trinajstić information content (AvgIpc) is 3.32. The Labute approximate surface area is 149 Å². The number of amides is 1. The molecule has 1 atom stereocenters. The lowest BCUT2D eigenvalue weighted by Gasteiger charge is -2.24. The number of carbonyl (C=O) groups is 1. The van der Waals surface area contributed by atoms with E-state index < -0.39 is 0 Å². The summed E-state index contributed by atoms with van der Waals surface area (Å²) in [5, 5.41) is 3.90. The molecule has 3 aromatic rings. The number of hydrogen-bond acceptors (Lipinski definition) is 3. The molecule has 0 saturated carbocycles. The quantitative estimate of drug-likeness (QED) is 0.691. The van der Waals surface area contributed by atoms with Gasteiger partial charge in [-0.1, -0.05) is 23.4 Å². The Bertz CT molecular complexity index is 937. The van der Waals surface area contributed by atoms with Crippen LogP contribution in [0.1, 0.15) is 35.0 Å². The number of likely N-dealkylation sites (tertiary alicyclic amines) is 1. The molecule has 2 heterocycles. The summed E-state index contributed by atoms with van der Waals surface area (Å²) in [6, 6.07) is 13.5. The minimum Gasteiger partial charge on any atom is -0.350 e. The summed E-state index contributed by atoms with van der Waals surface area (Å²) < 4.78 is 32.4. The monoisotopic (exact) mass is 354 g/mol. The molecule has 2 aromatic carbocycles. The van der Waals surface area contributed by atoms with Gasteiger partial charge in [-0.05, 0) is 43.2 Å². The van der Waals surface area contributed by atoms with Crippen LogP contribution in [0.15, 0.2) is 59.1 Å². The Hall–Kier alpha value is -3.02.